The fourth-order valence-electron chi connectivity index (χ4n) is 2.33. The van der Waals surface area contributed by atoms with Gasteiger partial charge in [-0.1, -0.05) is 39.0 Å². The number of rotatable bonds is 3. The van der Waals surface area contributed by atoms with Crippen LogP contribution in [0.1, 0.15) is 37.5 Å². The molecule has 0 atom stereocenters. The summed E-state index contributed by atoms with van der Waals surface area (Å²) in [6.45, 7) is 5.76. The van der Waals surface area contributed by atoms with Gasteiger partial charge in [-0.25, -0.2) is 22.0 Å². The van der Waals surface area contributed by atoms with E-state index < -0.39 is 23.3 Å². The number of hydrogen-bond donors (Lipinski definition) is 0. The first-order valence-corrected chi connectivity index (χ1v) is 9.42. The van der Waals surface area contributed by atoms with Crippen LogP contribution in [0, 0.1) is 29.1 Å². The summed E-state index contributed by atoms with van der Waals surface area (Å²) in [5, 5.41) is 0. The van der Waals surface area contributed by atoms with Gasteiger partial charge in [-0.05, 0) is 72.4 Å². The molecule has 3 aromatic rings. The van der Waals surface area contributed by atoms with Gasteiger partial charge < -0.3 is 0 Å². The van der Waals surface area contributed by atoms with E-state index in [-0.39, 0.29) is 5.82 Å². The van der Waals surface area contributed by atoms with Crippen LogP contribution in [0.2, 0.25) is 0 Å². The largest absolute Gasteiger partial charge is 0.207 e. The van der Waals surface area contributed by atoms with Crippen molar-refractivity contribution in [2.24, 2.45) is 0 Å². The first-order valence-electron chi connectivity index (χ1n) is 9.42. The molecular formula is C24H25F5. The maximum Gasteiger partial charge on any atom is 0.159 e. The van der Waals surface area contributed by atoms with Gasteiger partial charge in [0.2, 0.25) is 0 Å². The molecule has 0 aliphatic carbocycles. The van der Waals surface area contributed by atoms with Crippen LogP contribution in [-0.4, -0.2) is 0 Å². The summed E-state index contributed by atoms with van der Waals surface area (Å²) in [6, 6.07) is 14.2. The molecule has 0 bridgehead atoms. The topological polar surface area (TPSA) is 0 Å². The van der Waals surface area contributed by atoms with Gasteiger partial charge in [0, 0.05) is 6.07 Å². The zero-order valence-electron chi connectivity index (χ0n) is 16.8. The first kappa shape index (κ1) is 24.3. The SMILES string of the molecule is CCc1cc(F)cc(F)c1.CCc1ccc(F)c(F)c1.CCc1cccc(F)c1. The van der Waals surface area contributed by atoms with Gasteiger partial charge in [-0.2, -0.15) is 0 Å². The Kier molecular flexibility index (Phi) is 10.7. The highest BCUT2D eigenvalue weighted by Crippen LogP contribution is 2.09. The van der Waals surface area contributed by atoms with Crippen LogP contribution >= 0.6 is 0 Å². The molecule has 5 heteroatoms. The molecule has 29 heavy (non-hydrogen) atoms. The van der Waals surface area contributed by atoms with Crippen molar-refractivity contribution >= 4 is 0 Å². The van der Waals surface area contributed by atoms with Gasteiger partial charge in [-0.3, -0.25) is 0 Å². The molecule has 0 spiro atoms. The van der Waals surface area contributed by atoms with Crippen LogP contribution in [0.15, 0.2) is 60.7 Å². The summed E-state index contributed by atoms with van der Waals surface area (Å²) in [7, 11) is 0. The Balaban J connectivity index is 0.000000218. The second-order valence-electron chi connectivity index (χ2n) is 6.22. The minimum Gasteiger partial charge on any atom is -0.207 e. The highest BCUT2D eigenvalue weighted by atomic mass is 19.2. The molecule has 0 nitrogen and oxygen atoms in total. The zero-order chi connectivity index (χ0) is 21.8. The van der Waals surface area contributed by atoms with E-state index in [1.165, 1.54) is 24.3 Å². The molecule has 0 unspecified atom stereocenters. The average molecular weight is 408 g/mol. The Labute approximate surface area is 169 Å². The summed E-state index contributed by atoms with van der Waals surface area (Å²) in [5.74, 6) is -2.69. The molecule has 0 amide bonds. The predicted octanol–water partition coefficient (Wildman–Crippen LogP) is 7.44. The van der Waals surface area contributed by atoms with Crippen molar-refractivity contribution in [2.75, 3.05) is 0 Å². The van der Waals surface area contributed by atoms with E-state index in [1.807, 2.05) is 26.8 Å². The lowest BCUT2D eigenvalue weighted by molar-refractivity contribution is 0.507. The number of hydrogen-bond acceptors (Lipinski definition) is 0. The van der Waals surface area contributed by atoms with Crippen LogP contribution in [0.3, 0.4) is 0 Å². The summed E-state index contributed by atoms with van der Waals surface area (Å²) < 4.78 is 61.8. The molecule has 3 aromatic carbocycles. The Morgan fingerprint density at radius 2 is 1.00 bits per heavy atom. The van der Waals surface area contributed by atoms with Gasteiger partial charge in [0.25, 0.3) is 0 Å². The van der Waals surface area contributed by atoms with Crippen LogP contribution < -0.4 is 0 Å². The second-order valence-corrected chi connectivity index (χ2v) is 6.22. The molecule has 3 rings (SSSR count). The molecule has 0 saturated carbocycles. The predicted molar refractivity (Wildman–Crippen MR) is 107 cm³/mol. The lowest BCUT2D eigenvalue weighted by Gasteiger charge is -1.95. The van der Waals surface area contributed by atoms with Crippen LogP contribution in [0.5, 0.6) is 0 Å². The number of aryl methyl sites for hydroxylation is 3. The van der Waals surface area contributed by atoms with Crippen molar-refractivity contribution in [2.45, 2.75) is 40.0 Å². The molecular weight excluding hydrogens is 383 g/mol. The van der Waals surface area contributed by atoms with Gasteiger partial charge in [0.05, 0.1) is 0 Å². The van der Waals surface area contributed by atoms with Gasteiger partial charge in [-0.15, -0.1) is 0 Å². The van der Waals surface area contributed by atoms with E-state index >= 15 is 0 Å². The highest BCUT2D eigenvalue weighted by molar-refractivity contribution is 5.18. The molecule has 0 fully saturated rings. The van der Waals surface area contributed by atoms with Crippen LogP contribution in [-0.2, 0) is 19.3 Å². The van der Waals surface area contributed by atoms with E-state index in [0.717, 1.165) is 36.1 Å². The third-order valence-electron chi connectivity index (χ3n) is 4.02. The van der Waals surface area contributed by atoms with Crippen molar-refractivity contribution < 1.29 is 22.0 Å². The van der Waals surface area contributed by atoms with Crippen molar-refractivity contribution in [3.05, 3.63) is 106 Å². The summed E-state index contributed by atoms with van der Waals surface area (Å²) in [5.41, 5.74) is 2.56. The minimum atomic E-state index is -0.780. The Morgan fingerprint density at radius 3 is 1.45 bits per heavy atom. The van der Waals surface area contributed by atoms with Crippen molar-refractivity contribution in [1.82, 2.24) is 0 Å². The van der Waals surface area contributed by atoms with E-state index in [2.05, 4.69) is 0 Å². The van der Waals surface area contributed by atoms with E-state index in [1.54, 1.807) is 18.2 Å². The van der Waals surface area contributed by atoms with Gasteiger partial charge in [0.1, 0.15) is 17.5 Å². The van der Waals surface area contributed by atoms with Gasteiger partial charge in [0.15, 0.2) is 11.6 Å². The molecule has 0 heterocycles. The first-order chi connectivity index (χ1) is 13.8. The lowest BCUT2D eigenvalue weighted by Crippen LogP contribution is -1.86. The van der Waals surface area contributed by atoms with E-state index in [9.17, 15) is 22.0 Å². The van der Waals surface area contributed by atoms with Gasteiger partial charge >= 0.3 is 0 Å². The normalized spacial score (nSPS) is 9.79. The smallest absolute Gasteiger partial charge is 0.159 e. The Morgan fingerprint density at radius 1 is 0.483 bits per heavy atom. The highest BCUT2D eigenvalue weighted by Gasteiger charge is 1.99. The van der Waals surface area contributed by atoms with Crippen LogP contribution in [0.4, 0.5) is 22.0 Å². The Bertz CT molecular complexity index is 870. The number of halogens is 5. The molecule has 0 aromatic heterocycles. The fraction of sp³-hybridized carbons (Fsp3) is 0.250. The molecule has 0 aliphatic heterocycles. The van der Waals surface area contributed by atoms with Crippen molar-refractivity contribution in [3.63, 3.8) is 0 Å². The van der Waals surface area contributed by atoms with Crippen molar-refractivity contribution in [3.8, 4) is 0 Å². The summed E-state index contributed by atoms with van der Waals surface area (Å²) in [6.07, 6.45) is 2.30. The third-order valence-corrected chi connectivity index (χ3v) is 4.02. The monoisotopic (exact) mass is 408 g/mol. The molecule has 0 N–H and O–H groups in total. The standard InChI is InChI=1S/2C8H8F2.C8H9F/c1-2-6-3-7(9)5-8(10)4-6;1-2-6-3-4-7(9)8(10)5-6;1-2-7-4-3-5-8(9)6-7/h2*3-5H,2H2,1H3;3-6H,2H2,1H3. The van der Waals surface area contributed by atoms with E-state index in [0.29, 0.717) is 12.0 Å². The summed E-state index contributed by atoms with van der Waals surface area (Å²) in [4.78, 5) is 0. The van der Waals surface area contributed by atoms with Crippen LogP contribution in [0.25, 0.3) is 0 Å². The minimum absolute atomic E-state index is 0.144. The van der Waals surface area contributed by atoms with Crippen molar-refractivity contribution in [1.29, 1.82) is 0 Å². The molecule has 0 saturated heterocycles. The molecule has 0 radical (unpaired) electrons. The maximum atomic E-state index is 12.4. The number of benzene rings is 3. The quantitative estimate of drug-likeness (QED) is 0.395. The van der Waals surface area contributed by atoms with E-state index in [4.69, 9.17) is 0 Å². The fourth-order valence-corrected chi connectivity index (χ4v) is 2.33. The maximum absolute atomic E-state index is 12.4. The Hall–Kier alpha value is -2.69. The summed E-state index contributed by atoms with van der Waals surface area (Å²) >= 11 is 0. The average Bonchev–Trinajstić information content (AvgIpc) is 2.70. The third kappa shape index (κ3) is 9.37. The second kappa shape index (κ2) is 12.7. The molecule has 0 aliphatic rings. The zero-order valence-corrected chi connectivity index (χ0v) is 16.8. The molecule has 156 valence electrons. The lowest BCUT2D eigenvalue weighted by atomic mass is 10.2.